The third kappa shape index (κ3) is 9.03. The molecule has 3 aliphatic heterocycles. The summed E-state index contributed by atoms with van der Waals surface area (Å²) in [5.74, 6) is 0.399. The number of nitrogens with zero attached hydrogens (tertiary/aromatic N) is 4. The van der Waals surface area contributed by atoms with Gasteiger partial charge in [0.05, 0.1) is 50.1 Å². The molecular formula is C49H51FN8O7. The van der Waals surface area contributed by atoms with Gasteiger partial charge in [-0.1, -0.05) is 66.7 Å². The van der Waals surface area contributed by atoms with Crippen LogP contribution in [0.15, 0.2) is 97.3 Å². The molecule has 4 atom stereocenters. The summed E-state index contributed by atoms with van der Waals surface area (Å²) >= 11 is 0. The van der Waals surface area contributed by atoms with Crippen LogP contribution in [0.2, 0.25) is 0 Å². The van der Waals surface area contributed by atoms with E-state index in [1.54, 1.807) is 40.4 Å². The van der Waals surface area contributed by atoms with Crippen LogP contribution >= 0.6 is 0 Å². The number of likely N-dealkylation sites (tertiary alicyclic amines) is 2. The van der Waals surface area contributed by atoms with Crippen LogP contribution in [-0.4, -0.2) is 100 Å². The Balaban J connectivity index is 0.884. The van der Waals surface area contributed by atoms with Gasteiger partial charge in [0.2, 0.25) is 5.91 Å². The van der Waals surface area contributed by atoms with E-state index >= 15 is 4.39 Å². The number of nitrogens with one attached hydrogen (secondary N) is 4. The largest absolute Gasteiger partial charge is 0.453 e. The molecule has 16 heteroatoms. The van der Waals surface area contributed by atoms with Gasteiger partial charge in [0.1, 0.15) is 29.5 Å². The lowest BCUT2D eigenvalue weighted by Gasteiger charge is -2.34. The lowest BCUT2D eigenvalue weighted by atomic mass is 9.90. The van der Waals surface area contributed by atoms with Crippen molar-refractivity contribution >= 4 is 34.8 Å². The number of methoxy groups -OCH3 is 2. The third-order valence-electron chi connectivity index (χ3n) is 12.9. The van der Waals surface area contributed by atoms with Crippen LogP contribution in [0.3, 0.4) is 0 Å². The van der Waals surface area contributed by atoms with E-state index in [0.717, 1.165) is 46.9 Å². The normalized spacial score (nSPS) is 18.6. The van der Waals surface area contributed by atoms with E-state index < -0.39 is 24.3 Å². The maximum atomic E-state index is 16.0. The molecule has 15 nitrogen and oxygen atoms in total. The molecule has 3 aliphatic rings. The number of carbonyl (C=O) groups is 4. The molecule has 6 aromatic rings. The van der Waals surface area contributed by atoms with Crippen molar-refractivity contribution in [3.8, 4) is 33.6 Å². The lowest BCUT2D eigenvalue weighted by molar-refractivity contribution is -0.137. The molecule has 0 unspecified atom stereocenters. The van der Waals surface area contributed by atoms with Crippen molar-refractivity contribution in [1.82, 2.24) is 40.4 Å². The van der Waals surface area contributed by atoms with Crippen LogP contribution in [0, 0.1) is 11.7 Å². The predicted molar refractivity (Wildman–Crippen MR) is 239 cm³/mol. The van der Waals surface area contributed by atoms with Gasteiger partial charge < -0.3 is 44.6 Å². The second-order valence-electron chi connectivity index (χ2n) is 16.8. The van der Waals surface area contributed by atoms with Crippen LogP contribution in [-0.2, 0) is 23.8 Å². The standard InChI is InChI=1S/C49H51FN8O7/c1-63-48(61)55-42(29-8-4-3-5-9-29)46(59)57-20-6-10-40(57)44-51-27-38(53-44)34-15-13-31-24-33(14-12-32(31)25-34)36-17-16-35(26-37(36)50)39-28-52-45(54-39)41-11-7-21-58(41)47(60)43(56-49(62)64-2)30-18-22-65-23-19-30/h3-5,8-9,12-17,24-28,30,40-43H,6-7,10-11,18-23H2,1-2H3,(H,51,53)(H,52,54)(H,55,61)(H,56,62)/t40-,41-,42+,43-/m0/s1. The average Bonchev–Trinajstić information content (AvgIpc) is 4.20. The Morgan fingerprint density at radius 2 is 1.25 bits per heavy atom. The molecule has 0 spiro atoms. The Kier molecular flexibility index (Phi) is 12.6. The summed E-state index contributed by atoms with van der Waals surface area (Å²) in [5, 5.41) is 7.38. The van der Waals surface area contributed by atoms with Gasteiger partial charge in [0, 0.05) is 43.0 Å². The molecule has 3 saturated heterocycles. The fourth-order valence-corrected chi connectivity index (χ4v) is 9.50. The number of imidazole rings is 2. The van der Waals surface area contributed by atoms with Crippen molar-refractivity contribution in [2.24, 2.45) is 5.92 Å². The van der Waals surface area contributed by atoms with Crippen molar-refractivity contribution < 1.29 is 37.8 Å². The zero-order valence-corrected chi connectivity index (χ0v) is 36.2. The summed E-state index contributed by atoms with van der Waals surface area (Å²) in [4.78, 5) is 72.2. The summed E-state index contributed by atoms with van der Waals surface area (Å²) in [6.07, 6.45) is 6.40. The van der Waals surface area contributed by atoms with Crippen LogP contribution in [0.4, 0.5) is 14.0 Å². The zero-order chi connectivity index (χ0) is 45.0. The molecule has 2 aromatic heterocycles. The highest BCUT2D eigenvalue weighted by Crippen LogP contribution is 2.37. The Bertz CT molecular complexity index is 2700. The SMILES string of the molecule is COC(=O)N[C@H](C(=O)N1CCC[C@H]1c1ncc(-c2ccc(-c3ccc4cc(-c5cnc([C@@H]6CCCN6C(=O)[C@H](NC(=O)OC)c6ccccc6)[nH]5)ccc4c3)c(F)c2)[nH]1)C1CCOCC1. The highest BCUT2D eigenvalue weighted by Gasteiger charge is 2.40. The van der Waals surface area contributed by atoms with Gasteiger partial charge in [0.15, 0.2) is 0 Å². The number of alkyl carbamates (subject to hydrolysis) is 2. The first kappa shape index (κ1) is 43.2. The molecule has 0 aliphatic carbocycles. The average molecular weight is 883 g/mol. The van der Waals surface area contributed by atoms with Crippen molar-refractivity contribution in [2.75, 3.05) is 40.5 Å². The molecule has 5 heterocycles. The fourth-order valence-electron chi connectivity index (χ4n) is 9.50. The number of carbonyl (C=O) groups excluding carboxylic acids is 4. The minimum Gasteiger partial charge on any atom is -0.453 e. The van der Waals surface area contributed by atoms with Crippen molar-refractivity contribution in [3.63, 3.8) is 0 Å². The summed E-state index contributed by atoms with van der Waals surface area (Å²) in [6, 6.07) is 23.8. The van der Waals surface area contributed by atoms with E-state index in [9.17, 15) is 19.2 Å². The van der Waals surface area contributed by atoms with Gasteiger partial charge in [-0.3, -0.25) is 9.59 Å². The maximum Gasteiger partial charge on any atom is 0.407 e. The third-order valence-corrected chi connectivity index (χ3v) is 12.9. The highest BCUT2D eigenvalue weighted by molar-refractivity contribution is 5.91. The number of hydrogen-bond donors (Lipinski definition) is 4. The Morgan fingerprint density at radius 1 is 0.692 bits per heavy atom. The molecule has 4 aromatic carbocycles. The Labute approximate surface area is 375 Å². The molecule has 0 saturated carbocycles. The van der Waals surface area contributed by atoms with E-state index in [-0.39, 0.29) is 35.6 Å². The number of benzene rings is 4. The van der Waals surface area contributed by atoms with E-state index in [4.69, 9.17) is 19.2 Å². The van der Waals surface area contributed by atoms with Crippen molar-refractivity contribution in [3.05, 3.63) is 120 Å². The van der Waals surface area contributed by atoms with Gasteiger partial charge in [0.25, 0.3) is 5.91 Å². The molecule has 3 fully saturated rings. The minimum absolute atomic E-state index is 0.0730. The molecule has 0 radical (unpaired) electrons. The number of H-pyrrole nitrogens is 2. The van der Waals surface area contributed by atoms with E-state index in [0.29, 0.717) is 79.6 Å². The quantitative estimate of drug-likeness (QED) is 0.100. The summed E-state index contributed by atoms with van der Waals surface area (Å²) in [7, 11) is 2.55. The van der Waals surface area contributed by atoms with Crippen LogP contribution in [0.1, 0.15) is 73.9 Å². The first-order chi connectivity index (χ1) is 31.7. The predicted octanol–water partition coefficient (Wildman–Crippen LogP) is 8.00. The summed E-state index contributed by atoms with van der Waals surface area (Å²) in [6.45, 7) is 2.11. The number of rotatable bonds is 11. The molecule has 4 N–H and O–H groups in total. The number of aromatic nitrogens is 4. The van der Waals surface area contributed by atoms with E-state index in [1.807, 2.05) is 54.6 Å². The Hall–Kier alpha value is -7.07. The molecular weight excluding hydrogens is 832 g/mol. The van der Waals surface area contributed by atoms with Gasteiger partial charge in [-0.05, 0) is 84.5 Å². The molecule has 65 heavy (non-hydrogen) atoms. The molecule has 9 rings (SSSR count). The number of ether oxygens (including phenoxy) is 3. The van der Waals surface area contributed by atoms with Crippen molar-refractivity contribution in [2.45, 2.75) is 62.7 Å². The number of hydrogen-bond acceptors (Lipinski definition) is 9. The van der Waals surface area contributed by atoms with Crippen molar-refractivity contribution in [1.29, 1.82) is 0 Å². The molecule has 0 bridgehead atoms. The van der Waals surface area contributed by atoms with Crippen LogP contribution < -0.4 is 10.6 Å². The maximum absolute atomic E-state index is 16.0. The van der Waals surface area contributed by atoms with Gasteiger partial charge >= 0.3 is 12.2 Å². The van der Waals surface area contributed by atoms with Gasteiger partial charge in [-0.25, -0.2) is 23.9 Å². The number of amides is 4. The molecule has 4 amide bonds. The number of fused-ring (bicyclic) bond motifs is 1. The smallest absolute Gasteiger partial charge is 0.407 e. The van der Waals surface area contributed by atoms with Crippen LogP contribution in [0.25, 0.3) is 44.4 Å². The number of halogens is 1. The first-order valence-electron chi connectivity index (χ1n) is 22.1. The summed E-state index contributed by atoms with van der Waals surface area (Å²) in [5.41, 5.74) is 4.79. The highest BCUT2D eigenvalue weighted by atomic mass is 19.1. The molecule has 336 valence electrons. The first-order valence-corrected chi connectivity index (χ1v) is 22.1. The minimum atomic E-state index is -0.908. The summed E-state index contributed by atoms with van der Waals surface area (Å²) < 4.78 is 31.2. The topological polar surface area (TPSA) is 184 Å². The number of aromatic amines is 2. The Morgan fingerprint density at radius 3 is 1.86 bits per heavy atom. The van der Waals surface area contributed by atoms with Gasteiger partial charge in [-0.15, -0.1) is 0 Å². The zero-order valence-electron chi connectivity index (χ0n) is 36.2. The second kappa shape index (κ2) is 19.0. The fraction of sp³-hybridized carbons (Fsp3) is 0.347. The van der Waals surface area contributed by atoms with E-state index in [2.05, 4.69) is 31.7 Å². The monoisotopic (exact) mass is 882 g/mol. The lowest BCUT2D eigenvalue weighted by Crippen LogP contribution is -2.53. The second-order valence-corrected chi connectivity index (χ2v) is 16.8. The van der Waals surface area contributed by atoms with E-state index in [1.165, 1.54) is 20.3 Å². The van der Waals surface area contributed by atoms with Gasteiger partial charge in [-0.2, -0.15) is 0 Å². The van der Waals surface area contributed by atoms with Crippen LogP contribution in [0.5, 0.6) is 0 Å².